The topological polar surface area (TPSA) is 66.0 Å². The number of nitrogens with zero attached hydrogens (tertiary/aromatic N) is 1. The summed E-state index contributed by atoms with van der Waals surface area (Å²) in [5, 5.41) is 10.1. The summed E-state index contributed by atoms with van der Waals surface area (Å²) in [7, 11) is 0. The monoisotopic (exact) mass is 222 g/mol. The summed E-state index contributed by atoms with van der Waals surface area (Å²) >= 11 is 1.63. The van der Waals surface area contributed by atoms with Crippen molar-refractivity contribution in [2.24, 2.45) is 0 Å². The first-order valence-corrected chi connectivity index (χ1v) is 5.70. The fraction of sp³-hybridized carbons (Fsp3) is 0.400. The maximum absolute atomic E-state index is 10.9. The molecule has 2 aromatic rings. The number of carboxylic acid groups (broad SMARTS) is 1. The molecule has 0 spiro atoms. The Bertz CT molecular complexity index is 551. The summed E-state index contributed by atoms with van der Waals surface area (Å²) < 4.78 is 0.995. The average molecular weight is 222 g/mol. The molecule has 0 unspecified atom stereocenters. The zero-order chi connectivity index (χ0) is 10.6. The molecule has 2 heterocycles. The van der Waals surface area contributed by atoms with E-state index >= 15 is 0 Å². The molecule has 0 bridgehead atoms. The van der Waals surface area contributed by atoms with E-state index < -0.39 is 5.97 Å². The molecule has 4 nitrogen and oxygen atoms in total. The van der Waals surface area contributed by atoms with Crippen LogP contribution in [0.25, 0.3) is 10.3 Å². The number of hydrogen-bond donors (Lipinski definition) is 2. The molecule has 5 heteroatoms. The number of nitrogens with one attached hydrogen (secondary N) is 1. The summed E-state index contributed by atoms with van der Waals surface area (Å²) in [5.41, 5.74) is 1.81. The third-order valence-corrected chi connectivity index (χ3v) is 4.08. The number of thiazole rings is 1. The number of aryl methyl sites for hydroxylation is 1. The van der Waals surface area contributed by atoms with Crippen LogP contribution >= 0.6 is 11.3 Å². The Morgan fingerprint density at radius 1 is 1.60 bits per heavy atom. The van der Waals surface area contributed by atoms with Gasteiger partial charge in [-0.2, -0.15) is 0 Å². The number of aromatic amines is 1. The minimum Gasteiger partial charge on any atom is -0.477 e. The molecular formula is C10H10N2O2S. The van der Waals surface area contributed by atoms with Crippen LogP contribution in [-0.2, 0) is 0 Å². The van der Waals surface area contributed by atoms with E-state index in [1.807, 2.05) is 6.92 Å². The number of hydrogen-bond acceptors (Lipinski definition) is 3. The Morgan fingerprint density at radius 2 is 2.33 bits per heavy atom. The summed E-state index contributed by atoms with van der Waals surface area (Å²) in [5.74, 6) is -0.283. The van der Waals surface area contributed by atoms with Gasteiger partial charge in [0.1, 0.15) is 11.3 Å². The first-order valence-electron chi connectivity index (χ1n) is 4.89. The Balaban J connectivity index is 2.17. The second-order valence-corrected chi connectivity index (χ2v) is 4.96. The Kier molecular flexibility index (Phi) is 1.68. The third kappa shape index (κ3) is 1.26. The second kappa shape index (κ2) is 2.82. The van der Waals surface area contributed by atoms with Gasteiger partial charge in [-0.25, -0.2) is 9.78 Å². The number of aromatic nitrogens is 2. The first-order chi connectivity index (χ1) is 7.16. The van der Waals surface area contributed by atoms with Crippen molar-refractivity contribution in [2.75, 3.05) is 0 Å². The SMILES string of the molecule is Cc1c(C(=O)O)[nH]c2nc(C3CC3)sc12. The highest BCUT2D eigenvalue weighted by molar-refractivity contribution is 7.18. The Hall–Kier alpha value is -1.36. The molecule has 0 aliphatic heterocycles. The first kappa shape index (κ1) is 8.91. The van der Waals surface area contributed by atoms with Gasteiger partial charge in [0, 0.05) is 11.5 Å². The van der Waals surface area contributed by atoms with Crippen molar-refractivity contribution in [1.29, 1.82) is 0 Å². The maximum Gasteiger partial charge on any atom is 0.352 e. The van der Waals surface area contributed by atoms with Gasteiger partial charge in [-0.1, -0.05) is 0 Å². The van der Waals surface area contributed by atoms with Crippen molar-refractivity contribution in [3.63, 3.8) is 0 Å². The van der Waals surface area contributed by atoms with E-state index in [1.165, 1.54) is 12.8 Å². The molecule has 2 N–H and O–H groups in total. The number of H-pyrrole nitrogens is 1. The molecule has 0 amide bonds. The summed E-state index contributed by atoms with van der Waals surface area (Å²) in [6.07, 6.45) is 2.45. The third-order valence-electron chi connectivity index (χ3n) is 2.74. The molecular weight excluding hydrogens is 212 g/mol. The van der Waals surface area contributed by atoms with Crippen molar-refractivity contribution in [1.82, 2.24) is 9.97 Å². The van der Waals surface area contributed by atoms with Crippen LogP contribution in [0.4, 0.5) is 0 Å². The zero-order valence-corrected chi connectivity index (χ0v) is 9.02. The van der Waals surface area contributed by atoms with Gasteiger partial charge < -0.3 is 10.1 Å². The van der Waals surface area contributed by atoms with E-state index in [2.05, 4.69) is 9.97 Å². The van der Waals surface area contributed by atoms with Crippen molar-refractivity contribution in [3.05, 3.63) is 16.3 Å². The van der Waals surface area contributed by atoms with Crippen LogP contribution in [0.5, 0.6) is 0 Å². The summed E-state index contributed by atoms with van der Waals surface area (Å²) in [6.45, 7) is 1.83. The molecule has 0 radical (unpaired) electrons. The lowest BCUT2D eigenvalue weighted by atomic mass is 10.3. The van der Waals surface area contributed by atoms with E-state index in [-0.39, 0.29) is 5.69 Å². The van der Waals surface area contributed by atoms with Crippen LogP contribution < -0.4 is 0 Å². The van der Waals surface area contributed by atoms with Crippen molar-refractivity contribution < 1.29 is 9.90 Å². The second-order valence-electron chi connectivity index (χ2n) is 3.93. The number of carboxylic acids is 1. The van der Waals surface area contributed by atoms with E-state index in [0.29, 0.717) is 5.92 Å². The highest BCUT2D eigenvalue weighted by Crippen LogP contribution is 2.43. The minimum atomic E-state index is -0.911. The van der Waals surface area contributed by atoms with Crippen molar-refractivity contribution in [3.8, 4) is 0 Å². The maximum atomic E-state index is 10.9. The quantitative estimate of drug-likeness (QED) is 0.820. The van der Waals surface area contributed by atoms with Crippen LogP contribution in [0.1, 0.15) is 39.8 Å². The molecule has 3 rings (SSSR count). The van der Waals surface area contributed by atoms with Gasteiger partial charge in [0.05, 0.1) is 9.71 Å². The molecule has 0 saturated heterocycles. The lowest BCUT2D eigenvalue weighted by Gasteiger charge is -1.90. The summed E-state index contributed by atoms with van der Waals surface area (Å²) in [6, 6.07) is 0. The molecule has 1 aliphatic carbocycles. The Morgan fingerprint density at radius 3 is 2.87 bits per heavy atom. The molecule has 2 aromatic heterocycles. The van der Waals surface area contributed by atoms with Crippen molar-refractivity contribution in [2.45, 2.75) is 25.7 Å². The van der Waals surface area contributed by atoms with E-state index in [4.69, 9.17) is 5.11 Å². The average Bonchev–Trinajstić information content (AvgIpc) is 2.87. The van der Waals surface area contributed by atoms with Gasteiger partial charge in [-0.05, 0) is 19.8 Å². The predicted molar refractivity (Wildman–Crippen MR) is 57.6 cm³/mol. The smallest absolute Gasteiger partial charge is 0.352 e. The van der Waals surface area contributed by atoms with E-state index in [9.17, 15) is 4.79 Å². The van der Waals surface area contributed by atoms with E-state index in [0.717, 1.165) is 20.9 Å². The van der Waals surface area contributed by atoms with Gasteiger partial charge >= 0.3 is 5.97 Å². The fourth-order valence-corrected chi connectivity index (χ4v) is 2.92. The van der Waals surface area contributed by atoms with Gasteiger partial charge in [0.25, 0.3) is 0 Å². The summed E-state index contributed by atoms with van der Waals surface area (Å²) in [4.78, 5) is 18.2. The van der Waals surface area contributed by atoms with Crippen LogP contribution in [0.3, 0.4) is 0 Å². The Labute approximate surface area is 90.0 Å². The van der Waals surface area contributed by atoms with E-state index in [1.54, 1.807) is 11.3 Å². The number of rotatable bonds is 2. The minimum absolute atomic E-state index is 0.270. The largest absolute Gasteiger partial charge is 0.477 e. The normalized spacial score (nSPS) is 16.1. The highest BCUT2D eigenvalue weighted by atomic mass is 32.1. The van der Waals surface area contributed by atoms with Gasteiger partial charge in [0.2, 0.25) is 0 Å². The molecule has 1 fully saturated rings. The lowest BCUT2D eigenvalue weighted by molar-refractivity contribution is 0.0690. The van der Waals surface area contributed by atoms with Gasteiger partial charge in [0.15, 0.2) is 0 Å². The van der Waals surface area contributed by atoms with Crippen LogP contribution in [0, 0.1) is 6.92 Å². The van der Waals surface area contributed by atoms with Crippen molar-refractivity contribution >= 4 is 27.7 Å². The standard InChI is InChI=1S/C10H10N2O2S/c1-4-6(10(13)14)11-8-7(4)15-9(12-8)5-2-3-5/h5,11H,2-3H2,1H3,(H,13,14). The molecule has 78 valence electrons. The number of fused-ring (bicyclic) bond motifs is 1. The number of carbonyl (C=O) groups is 1. The molecule has 0 atom stereocenters. The zero-order valence-electron chi connectivity index (χ0n) is 8.20. The van der Waals surface area contributed by atoms with Crippen LogP contribution in [0.15, 0.2) is 0 Å². The van der Waals surface area contributed by atoms with Crippen LogP contribution in [0.2, 0.25) is 0 Å². The van der Waals surface area contributed by atoms with Crippen LogP contribution in [-0.4, -0.2) is 21.0 Å². The molecule has 15 heavy (non-hydrogen) atoms. The number of aromatic carboxylic acids is 1. The van der Waals surface area contributed by atoms with Gasteiger partial charge in [-0.15, -0.1) is 11.3 Å². The highest BCUT2D eigenvalue weighted by Gasteiger charge is 2.28. The fourth-order valence-electron chi connectivity index (χ4n) is 1.72. The lowest BCUT2D eigenvalue weighted by Crippen LogP contribution is -1.98. The molecule has 1 aliphatic rings. The molecule has 1 saturated carbocycles. The predicted octanol–water partition coefficient (Wildman–Crippen LogP) is 2.51. The molecule has 0 aromatic carbocycles. The van der Waals surface area contributed by atoms with Gasteiger partial charge in [-0.3, -0.25) is 0 Å².